The minimum atomic E-state index is -0.0293. The van der Waals surface area contributed by atoms with E-state index in [1.807, 2.05) is 60.4 Å². The van der Waals surface area contributed by atoms with Crippen LogP contribution in [-0.2, 0) is 22.4 Å². The van der Waals surface area contributed by atoms with Crippen LogP contribution in [0.3, 0.4) is 0 Å². The van der Waals surface area contributed by atoms with E-state index in [9.17, 15) is 9.59 Å². The fourth-order valence-electron chi connectivity index (χ4n) is 3.54. The topological polar surface area (TPSA) is 49.4 Å². The van der Waals surface area contributed by atoms with Gasteiger partial charge in [-0.3, -0.25) is 9.59 Å². The van der Waals surface area contributed by atoms with Crippen molar-refractivity contribution in [2.75, 3.05) is 18.4 Å². The van der Waals surface area contributed by atoms with Crippen LogP contribution < -0.4 is 5.32 Å². The van der Waals surface area contributed by atoms with Crippen molar-refractivity contribution >= 4 is 17.5 Å². The third-order valence-corrected chi connectivity index (χ3v) is 5.45. The number of benzene rings is 2. The van der Waals surface area contributed by atoms with E-state index >= 15 is 0 Å². The quantitative estimate of drug-likeness (QED) is 0.872. The number of carbonyl (C=O) groups excluding carboxylic acids is 2. The zero-order valence-electron chi connectivity index (χ0n) is 16.2. The second-order valence-electron chi connectivity index (χ2n) is 7.30. The molecule has 1 fully saturated rings. The lowest BCUT2D eigenvalue weighted by atomic mass is 9.95. The van der Waals surface area contributed by atoms with Gasteiger partial charge in [-0.1, -0.05) is 43.3 Å². The molecule has 4 nitrogen and oxygen atoms in total. The van der Waals surface area contributed by atoms with Crippen LogP contribution >= 0.6 is 0 Å². The number of rotatable bonds is 5. The van der Waals surface area contributed by atoms with Gasteiger partial charge in [-0.05, 0) is 55.0 Å². The Morgan fingerprint density at radius 2 is 1.70 bits per heavy atom. The molecule has 1 N–H and O–H groups in total. The van der Waals surface area contributed by atoms with E-state index in [1.165, 1.54) is 5.56 Å². The number of anilines is 1. The summed E-state index contributed by atoms with van der Waals surface area (Å²) in [6.45, 7) is 5.45. The molecule has 0 aromatic heterocycles. The molecule has 27 heavy (non-hydrogen) atoms. The molecule has 0 saturated carbocycles. The lowest BCUT2D eigenvalue weighted by Gasteiger charge is -2.31. The number of amides is 2. The van der Waals surface area contributed by atoms with Crippen molar-refractivity contribution in [2.24, 2.45) is 5.92 Å². The number of likely N-dealkylation sites (tertiary alicyclic amines) is 1. The monoisotopic (exact) mass is 364 g/mol. The Hall–Kier alpha value is -2.62. The molecule has 2 amide bonds. The van der Waals surface area contributed by atoms with Gasteiger partial charge in [-0.15, -0.1) is 0 Å². The van der Waals surface area contributed by atoms with Crippen molar-refractivity contribution in [3.63, 3.8) is 0 Å². The van der Waals surface area contributed by atoms with Gasteiger partial charge in [0, 0.05) is 24.7 Å². The number of nitrogens with one attached hydrogen (secondary N) is 1. The van der Waals surface area contributed by atoms with Crippen LogP contribution in [0.25, 0.3) is 0 Å². The summed E-state index contributed by atoms with van der Waals surface area (Å²) in [5.41, 5.74) is 4.33. The molecule has 1 saturated heterocycles. The molecule has 2 aromatic carbocycles. The van der Waals surface area contributed by atoms with Crippen LogP contribution in [0, 0.1) is 12.8 Å². The largest absolute Gasteiger partial charge is 0.342 e. The molecule has 0 aliphatic carbocycles. The van der Waals surface area contributed by atoms with Crippen molar-refractivity contribution in [1.82, 2.24) is 4.90 Å². The van der Waals surface area contributed by atoms with Crippen molar-refractivity contribution < 1.29 is 9.59 Å². The third-order valence-electron chi connectivity index (χ3n) is 5.45. The van der Waals surface area contributed by atoms with E-state index in [4.69, 9.17) is 0 Å². The zero-order chi connectivity index (χ0) is 19.2. The van der Waals surface area contributed by atoms with Gasteiger partial charge >= 0.3 is 0 Å². The van der Waals surface area contributed by atoms with Crippen LogP contribution in [0.5, 0.6) is 0 Å². The second-order valence-corrected chi connectivity index (χ2v) is 7.30. The van der Waals surface area contributed by atoms with E-state index in [-0.39, 0.29) is 17.7 Å². The Kier molecular flexibility index (Phi) is 6.28. The van der Waals surface area contributed by atoms with E-state index in [1.54, 1.807) is 0 Å². The Labute approximate surface area is 161 Å². The maximum atomic E-state index is 12.6. The third kappa shape index (κ3) is 4.97. The van der Waals surface area contributed by atoms with E-state index in [2.05, 4.69) is 12.2 Å². The highest BCUT2D eigenvalue weighted by molar-refractivity contribution is 5.92. The van der Waals surface area contributed by atoms with Gasteiger partial charge in [0.2, 0.25) is 11.8 Å². The van der Waals surface area contributed by atoms with Crippen LogP contribution in [0.2, 0.25) is 0 Å². The molecular formula is C23H28N2O2. The van der Waals surface area contributed by atoms with Crippen molar-refractivity contribution in [3.8, 4) is 0 Å². The minimum Gasteiger partial charge on any atom is -0.342 e. The number of hydrogen-bond acceptors (Lipinski definition) is 2. The summed E-state index contributed by atoms with van der Waals surface area (Å²) in [5.74, 6) is 0.182. The molecule has 1 aliphatic rings. The van der Waals surface area contributed by atoms with Crippen molar-refractivity contribution in [1.29, 1.82) is 0 Å². The first-order valence-electron chi connectivity index (χ1n) is 9.79. The van der Waals surface area contributed by atoms with Crippen LogP contribution in [0.4, 0.5) is 5.69 Å². The summed E-state index contributed by atoms with van der Waals surface area (Å²) >= 11 is 0. The SMILES string of the molecule is CCc1ccc(NC(=O)C2CCN(C(=O)Cc3ccccc3C)CC2)cc1. The fraction of sp³-hybridized carbons (Fsp3) is 0.391. The molecule has 4 heteroatoms. The highest BCUT2D eigenvalue weighted by Gasteiger charge is 2.27. The molecule has 0 spiro atoms. The van der Waals surface area contributed by atoms with Gasteiger partial charge in [-0.2, -0.15) is 0 Å². The van der Waals surface area contributed by atoms with Gasteiger partial charge in [-0.25, -0.2) is 0 Å². The summed E-state index contributed by atoms with van der Waals surface area (Å²) in [5, 5.41) is 3.01. The molecule has 2 aromatic rings. The smallest absolute Gasteiger partial charge is 0.227 e. The van der Waals surface area contributed by atoms with Crippen LogP contribution in [-0.4, -0.2) is 29.8 Å². The van der Waals surface area contributed by atoms with Crippen molar-refractivity contribution in [2.45, 2.75) is 39.5 Å². The number of carbonyl (C=O) groups is 2. The summed E-state index contributed by atoms with van der Waals surface area (Å²) in [6.07, 6.45) is 2.87. The number of aryl methyl sites for hydroxylation is 2. The normalized spacial score (nSPS) is 14.8. The highest BCUT2D eigenvalue weighted by atomic mass is 16.2. The van der Waals surface area contributed by atoms with Gasteiger partial charge in [0.25, 0.3) is 0 Å². The fourth-order valence-corrected chi connectivity index (χ4v) is 3.54. The average molecular weight is 364 g/mol. The zero-order valence-corrected chi connectivity index (χ0v) is 16.2. The number of hydrogen-bond donors (Lipinski definition) is 1. The van der Waals surface area contributed by atoms with Gasteiger partial charge in [0.15, 0.2) is 0 Å². The summed E-state index contributed by atoms with van der Waals surface area (Å²) in [7, 11) is 0. The predicted octanol–water partition coefficient (Wildman–Crippen LogP) is 3.98. The Morgan fingerprint density at radius 3 is 2.33 bits per heavy atom. The van der Waals surface area contributed by atoms with Crippen molar-refractivity contribution in [3.05, 3.63) is 65.2 Å². The van der Waals surface area contributed by atoms with Gasteiger partial charge in [0.05, 0.1) is 6.42 Å². The van der Waals surface area contributed by atoms with Crippen LogP contribution in [0.1, 0.15) is 36.5 Å². The van der Waals surface area contributed by atoms with E-state index in [0.29, 0.717) is 19.5 Å². The number of nitrogens with zero attached hydrogens (tertiary/aromatic N) is 1. The molecule has 0 radical (unpaired) electrons. The molecule has 1 heterocycles. The molecule has 142 valence electrons. The van der Waals surface area contributed by atoms with Gasteiger partial charge in [0.1, 0.15) is 0 Å². The average Bonchev–Trinajstić information content (AvgIpc) is 2.70. The van der Waals surface area contributed by atoms with E-state index < -0.39 is 0 Å². The maximum absolute atomic E-state index is 12.6. The Bertz CT molecular complexity index is 790. The Morgan fingerprint density at radius 1 is 1.04 bits per heavy atom. The molecule has 0 unspecified atom stereocenters. The minimum absolute atomic E-state index is 0.0293. The number of piperidine rings is 1. The maximum Gasteiger partial charge on any atom is 0.227 e. The molecular weight excluding hydrogens is 336 g/mol. The molecule has 0 bridgehead atoms. The first kappa shape index (κ1) is 19.2. The summed E-state index contributed by atoms with van der Waals surface area (Å²) in [6, 6.07) is 16.0. The standard InChI is InChI=1S/C23H28N2O2/c1-3-18-8-10-21(11-9-18)24-23(27)19-12-14-25(15-13-19)22(26)16-20-7-5-4-6-17(20)2/h4-11,19H,3,12-16H2,1-2H3,(H,24,27). The van der Waals surface area contributed by atoms with E-state index in [0.717, 1.165) is 36.1 Å². The highest BCUT2D eigenvalue weighted by Crippen LogP contribution is 2.21. The lowest BCUT2D eigenvalue weighted by molar-refractivity contribution is -0.133. The molecule has 0 atom stereocenters. The van der Waals surface area contributed by atoms with Gasteiger partial charge < -0.3 is 10.2 Å². The Balaban J connectivity index is 1.49. The lowest BCUT2D eigenvalue weighted by Crippen LogP contribution is -2.42. The second kappa shape index (κ2) is 8.85. The molecule has 3 rings (SSSR count). The first-order valence-corrected chi connectivity index (χ1v) is 9.79. The predicted molar refractivity (Wildman–Crippen MR) is 109 cm³/mol. The van der Waals surface area contributed by atoms with Crippen LogP contribution in [0.15, 0.2) is 48.5 Å². The summed E-state index contributed by atoms with van der Waals surface area (Å²) < 4.78 is 0. The molecule has 1 aliphatic heterocycles. The summed E-state index contributed by atoms with van der Waals surface area (Å²) in [4.78, 5) is 27.0. The first-order chi connectivity index (χ1) is 13.1.